The Hall–Kier alpha value is -4.07. The average molecular weight is 442 g/mol. The first-order chi connectivity index (χ1) is 16.1. The molecule has 33 heavy (non-hydrogen) atoms. The molecular formula is C25H20F2N6. The topological polar surface area (TPSA) is 74.5 Å². The van der Waals surface area contributed by atoms with E-state index in [9.17, 15) is 8.78 Å². The molecule has 0 amide bonds. The van der Waals surface area contributed by atoms with Crippen LogP contribution >= 0.6 is 0 Å². The van der Waals surface area contributed by atoms with Gasteiger partial charge in [0.15, 0.2) is 0 Å². The summed E-state index contributed by atoms with van der Waals surface area (Å²) < 4.78 is 31.6. The van der Waals surface area contributed by atoms with Crippen LogP contribution in [0.15, 0.2) is 67.0 Å². The van der Waals surface area contributed by atoms with Crippen LogP contribution < -0.4 is 5.73 Å². The van der Waals surface area contributed by atoms with E-state index < -0.39 is 0 Å². The minimum atomic E-state index is -0.299. The summed E-state index contributed by atoms with van der Waals surface area (Å²) in [5.74, 6) is 0.591. The highest BCUT2D eigenvalue weighted by Gasteiger charge is 2.31. The Bertz CT molecular complexity index is 1490. The highest BCUT2D eigenvalue weighted by atomic mass is 19.1. The minimum Gasteiger partial charge on any atom is -0.368 e. The molecule has 2 aromatic carbocycles. The van der Waals surface area contributed by atoms with Crippen molar-refractivity contribution in [3.05, 3.63) is 84.4 Å². The molecule has 0 spiro atoms. The van der Waals surface area contributed by atoms with Crippen molar-refractivity contribution in [1.82, 2.24) is 24.1 Å². The van der Waals surface area contributed by atoms with Gasteiger partial charge in [-0.25, -0.2) is 23.7 Å². The molecule has 4 heterocycles. The molecule has 0 radical (unpaired) electrons. The monoisotopic (exact) mass is 442 g/mol. The number of nitrogens with two attached hydrogens (primary N) is 1. The van der Waals surface area contributed by atoms with E-state index in [1.54, 1.807) is 24.4 Å². The molecule has 6 rings (SSSR count). The lowest BCUT2D eigenvalue weighted by molar-refractivity contribution is 0.459. The number of rotatable bonds is 4. The molecule has 6 nitrogen and oxygen atoms in total. The van der Waals surface area contributed by atoms with Crippen LogP contribution in [0.3, 0.4) is 0 Å². The van der Waals surface area contributed by atoms with E-state index in [2.05, 4.69) is 19.1 Å². The summed E-state index contributed by atoms with van der Waals surface area (Å²) in [6.07, 6.45) is 5.35. The SMILES string of the molecule is Nc1nccc(-c2c(-c3ccc(F)cc3)nc3n2C(Cn2ccc4cc(F)ccc42)CC3)n1. The third kappa shape index (κ3) is 3.34. The van der Waals surface area contributed by atoms with Gasteiger partial charge in [0.25, 0.3) is 0 Å². The van der Waals surface area contributed by atoms with Crippen LogP contribution in [0.1, 0.15) is 18.3 Å². The van der Waals surface area contributed by atoms with Crippen molar-refractivity contribution in [2.24, 2.45) is 0 Å². The predicted octanol–water partition coefficient (Wildman–Crippen LogP) is 5.01. The van der Waals surface area contributed by atoms with Gasteiger partial charge in [0.05, 0.1) is 23.1 Å². The van der Waals surface area contributed by atoms with Gasteiger partial charge < -0.3 is 14.9 Å². The number of aromatic nitrogens is 5. The van der Waals surface area contributed by atoms with Gasteiger partial charge in [-0.1, -0.05) is 0 Å². The van der Waals surface area contributed by atoms with E-state index in [-0.39, 0.29) is 23.6 Å². The van der Waals surface area contributed by atoms with Crippen LogP contribution in [0.5, 0.6) is 0 Å². The Balaban J connectivity index is 1.48. The molecule has 2 N–H and O–H groups in total. The van der Waals surface area contributed by atoms with Gasteiger partial charge in [-0.3, -0.25) is 0 Å². The molecule has 0 saturated carbocycles. The number of benzene rings is 2. The second kappa shape index (κ2) is 7.51. The summed E-state index contributed by atoms with van der Waals surface area (Å²) in [6.45, 7) is 0.703. The van der Waals surface area contributed by atoms with Gasteiger partial charge >= 0.3 is 0 Å². The van der Waals surface area contributed by atoms with Crippen molar-refractivity contribution in [2.75, 3.05) is 5.73 Å². The van der Waals surface area contributed by atoms with Gasteiger partial charge in [-0.15, -0.1) is 0 Å². The molecule has 1 unspecified atom stereocenters. The normalized spacial score (nSPS) is 15.3. The summed E-state index contributed by atoms with van der Waals surface area (Å²) in [6, 6.07) is 15.0. The molecule has 0 fully saturated rings. The molecule has 8 heteroatoms. The molecule has 1 aliphatic rings. The highest BCUT2D eigenvalue weighted by molar-refractivity contribution is 5.80. The molecule has 164 valence electrons. The second-order valence-corrected chi connectivity index (χ2v) is 8.27. The van der Waals surface area contributed by atoms with Gasteiger partial charge in [-0.05, 0) is 61.0 Å². The van der Waals surface area contributed by atoms with Crippen LogP contribution in [-0.2, 0) is 13.0 Å². The first kappa shape index (κ1) is 19.6. The number of halogens is 2. The van der Waals surface area contributed by atoms with Crippen molar-refractivity contribution in [3.63, 3.8) is 0 Å². The maximum absolute atomic E-state index is 13.6. The predicted molar refractivity (Wildman–Crippen MR) is 122 cm³/mol. The van der Waals surface area contributed by atoms with Crippen LogP contribution in [0.2, 0.25) is 0 Å². The van der Waals surface area contributed by atoms with Crippen LogP contribution in [-0.4, -0.2) is 24.1 Å². The summed E-state index contributed by atoms with van der Waals surface area (Å²) in [7, 11) is 0. The number of aryl methyl sites for hydroxylation is 1. The standard InChI is InChI=1S/C25H20F2N6/c26-17-3-1-15(2-4-17)23-24(20-9-11-29-25(28)30-20)33-19(6-8-22(33)31-23)14-32-12-10-16-13-18(27)5-7-21(16)32/h1-5,7,9-13,19H,6,8,14H2,(H2,28,29,30). The minimum absolute atomic E-state index is 0.119. The summed E-state index contributed by atoms with van der Waals surface area (Å²) in [5.41, 5.74) is 9.95. The van der Waals surface area contributed by atoms with E-state index in [0.717, 1.165) is 46.5 Å². The molecule has 0 aliphatic carbocycles. The largest absolute Gasteiger partial charge is 0.368 e. The Morgan fingerprint density at radius 1 is 0.970 bits per heavy atom. The van der Waals surface area contributed by atoms with E-state index in [1.807, 2.05) is 24.4 Å². The fourth-order valence-corrected chi connectivity index (χ4v) is 4.76. The first-order valence-corrected chi connectivity index (χ1v) is 10.8. The van der Waals surface area contributed by atoms with E-state index in [4.69, 9.17) is 10.7 Å². The number of fused-ring (bicyclic) bond motifs is 2. The molecule has 5 aromatic rings. The number of nitrogens with zero attached hydrogens (tertiary/aromatic N) is 5. The number of hydrogen-bond acceptors (Lipinski definition) is 4. The lowest BCUT2D eigenvalue weighted by Gasteiger charge is -2.19. The van der Waals surface area contributed by atoms with E-state index in [1.165, 1.54) is 18.2 Å². The molecule has 1 atom stereocenters. The molecule has 3 aromatic heterocycles. The van der Waals surface area contributed by atoms with Gasteiger partial charge in [0, 0.05) is 41.8 Å². The molecule has 0 bridgehead atoms. The molecule has 0 saturated heterocycles. The third-order valence-corrected chi connectivity index (χ3v) is 6.23. The van der Waals surface area contributed by atoms with Crippen LogP contribution in [0, 0.1) is 11.6 Å². The number of hydrogen-bond donors (Lipinski definition) is 1. The third-order valence-electron chi connectivity index (χ3n) is 6.23. The van der Waals surface area contributed by atoms with Crippen molar-refractivity contribution >= 4 is 16.9 Å². The highest BCUT2D eigenvalue weighted by Crippen LogP contribution is 2.40. The number of imidazole rings is 1. The summed E-state index contributed by atoms with van der Waals surface area (Å²) in [4.78, 5) is 13.4. The summed E-state index contributed by atoms with van der Waals surface area (Å²) in [5, 5.41) is 0.870. The Kier molecular flexibility index (Phi) is 4.46. The van der Waals surface area contributed by atoms with E-state index in [0.29, 0.717) is 12.2 Å². The van der Waals surface area contributed by atoms with Gasteiger partial charge in [-0.2, -0.15) is 0 Å². The van der Waals surface area contributed by atoms with Crippen molar-refractivity contribution < 1.29 is 8.78 Å². The quantitative estimate of drug-likeness (QED) is 0.425. The fraction of sp³-hybridized carbons (Fsp3) is 0.160. The average Bonchev–Trinajstić information content (AvgIpc) is 3.49. The molecule has 1 aliphatic heterocycles. The Labute approximate surface area is 188 Å². The zero-order chi connectivity index (χ0) is 22.5. The van der Waals surface area contributed by atoms with Gasteiger partial charge in [0.1, 0.15) is 17.5 Å². The maximum atomic E-state index is 13.6. The number of anilines is 1. The van der Waals surface area contributed by atoms with Crippen molar-refractivity contribution in [1.29, 1.82) is 0 Å². The Morgan fingerprint density at radius 2 is 1.79 bits per heavy atom. The summed E-state index contributed by atoms with van der Waals surface area (Å²) >= 11 is 0. The maximum Gasteiger partial charge on any atom is 0.220 e. The van der Waals surface area contributed by atoms with Crippen molar-refractivity contribution in [3.8, 4) is 22.6 Å². The van der Waals surface area contributed by atoms with Crippen LogP contribution in [0.4, 0.5) is 14.7 Å². The van der Waals surface area contributed by atoms with E-state index >= 15 is 0 Å². The lowest BCUT2D eigenvalue weighted by Crippen LogP contribution is -2.13. The number of nitrogen functional groups attached to an aromatic ring is 1. The smallest absolute Gasteiger partial charge is 0.220 e. The second-order valence-electron chi connectivity index (χ2n) is 8.27. The lowest BCUT2D eigenvalue weighted by atomic mass is 10.1. The van der Waals surface area contributed by atoms with Crippen molar-refractivity contribution in [2.45, 2.75) is 25.4 Å². The Morgan fingerprint density at radius 3 is 2.61 bits per heavy atom. The van der Waals surface area contributed by atoms with Crippen LogP contribution in [0.25, 0.3) is 33.5 Å². The van der Waals surface area contributed by atoms with Gasteiger partial charge in [0.2, 0.25) is 5.95 Å². The fourth-order valence-electron chi connectivity index (χ4n) is 4.76. The molecular weight excluding hydrogens is 422 g/mol. The zero-order valence-corrected chi connectivity index (χ0v) is 17.6. The first-order valence-electron chi connectivity index (χ1n) is 10.8. The zero-order valence-electron chi connectivity index (χ0n) is 17.6.